The van der Waals surface area contributed by atoms with Gasteiger partial charge in [0.1, 0.15) is 0 Å². The lowest BCUT2D eigenvalue weighted by Crippen LogP contribution is -2.31. The topological polar surface area (TPSA) is 26.3 Å². The van der Waals surface area contributed by atoms with Crippen LogP contribution < -0.4 is 0 Å². The van der Waals surface area contributed by atoms with Gasteiger partial charge in [-0.3, -0.25) is 4.79 Å². The molecule has 0 aromatic rings. The zero-order chi connectivity index (χ0) is 13.0. The van der Waals surface area contributed by atoms with Crippen LogP contribution in [-0.2, 0) is 9.53 Å². The van der Waals surface area contributed by atoms with E-state index < -0.39 is 0 Å². The van der Waals surface area contributed by atoms with Gasteiger partial charge in [0.05, 0.1) is 6.61 Å². The van der Waals surface area contributed by atoms with E-state index in [-0.39, 0.29) is 5.97 Å². The van der Waals surface area contributed by atoms with Crippen molar-refractivity contribution in [1.82, 2.24) is 0 Å². The lowest BCUT2D eigenvalue weighted by molar-refractivity contribution is -0.143. The van der Waals surface area contributed by atoms with Crippen LogP contribution in [0.3, 0.4) is 0 Å². The zero-order valence-corrected chi connectivity index (χ0v) is 11.7. The Bertz CT molecular complexity index is 283. The van der Waals surface area contributed by atoms with Gasteiger partial charge < -0.3 is 4.74 Å². The van der Waals surface area contributed by atoms with Crippen LogP contribution in [0.15, 0.2) is 12.2 Å². The maximum absolute atomic E-state index is 10.8. The van der Waals surface area contributed by atoms with E-state index in [1.807, 2.05) is 0 Å². The lowest BCUT2D eigenvalue weighted by atomic mass is 9.68. The van der Waals surface area contributed by atoms with Crippen LogP contribution in [0.1, 0.15) is 47.0 Å². The average Bonchev–Trinajstić information content (AvgIpc) is 2.26. The second kappa shape index (κ2) is 6.23. The number of esters is 1. The van der Waals surface area contributed by atoms with Gasteiger partial charge in [-0.2, -0.15) is 0 Å². The Morgan fingerprint density at radius 1 is 1.41 bits per heavy atom. The van der Waals surface area contributed by atoms with Crippen molar-refractivity contribution in [3.63, 3.8) is 0 Å². The molecule has 1 fully saturated rings. The molecule has 17 heavy (non-hydrogen) atoms. The first-order valence-electron chi connectivity index (χ1n) is 6.70. The lowest BCUT2D eigenvalue weighted by Gasteiger charge is -2.38. The molecule has 2 nitrogen and oxygen atoms in total. The van der Waals surface area contributed by atoms with Crippen LogP contribution in [0.5, 0.6) is 0 Å². The third-order valence-corrected chi connectivity index (χ3v) is 4.24. The summed E-state index contributed by atoms with van der Waals surface area (Å²) in [5.74, 6) is 2.34. The van der Waals surface area contributed by atoms with Crippen molar-refractivity contribution < 1.29 is 9.53 Å². The molecule has 98 valence electrons. The highest BCUT2D eigenvalue weighted by Gasteiger charge is 2.31. The number of carbonyl (C=O) groups excluding carboxylic acids is 1. The smallest absolute Gasteiger partial charge is 0.302 e. The van der Waals surface area contributed by atoms with Gasteiger partial charge in [0.2, 0.25) is 0 Å². The summed E-state index contributed by atoms with van der Waals surface area (Å²) in [5, 5.41) is 0. The molecule has 0 bridgehead atoms. The molecular formula is C15H26O2. The number of carbonyl (C=O) groups is 1. The number of hydrogen-bond donors (Lipinski definition) is 0. The van der Waals surface area contributed by atoms with Gasteiger partial charge in [-0.25, -0.2) is 0 Å². The molecule has 0 aliphatic heterocycles. The molecule has 1 saturated carbocycles. The molecule has 1 aliphatic rings. The molecule has 0 heterocycles. The number of rotatable bonds is 4. The second-order valence-electron chi connectivity index (χ2n) is 5.78. The summed E-state index contributed by atoms with van der Waals surface area (Å²) >= 11 is 0. The summed E-state index contributed by atoms with van der Waals surface area (Å²) in [6.07, 6.45) is 3.75. The van der Waals surface area contributed by atoms with Crippen molar-refractivity contribution in [3.8, 4) is 0 Å². The minimum Gasteiger partial charge on any atom is -0.466 e. The fraction of sp³-hybridized carbons (Fsp3) is 0.800. The largest absolute Gasteiger partial charge is 0.466 e. The van der Waals surface area contributed by atoms with Crippen LogP contribution in [0.25, 0.3) is 0 Å². The summed E-state index contributed by atoms with van der Waals surface area (Å²) in [7, 11) is 0. The summed E-state index contributed by atoms with van der Waals surface area (Å²) < 4.78 is 5.14. The second-order valence-corrected chi connectivity index (χ2v) is 5.78. The fourth-order valence-electron chi connectivity index (χ4n) is 2.97. The highest BCUT2D eigenvalue weighted by Crippen LogP contribution is 2.40. The SMILES string of the molecule is C=C(C)[C@@H]1CC[C@@H](C)[C@@H]([C@@H](C)COC(C)=O)C1. The summed E-state index contributed by atoms with van der Waals surface area (Å²) in [5.41, 5.74) is 1.31. The van der Waals surface area contributed by atoms with E-state index in [4.69, 9.17) is 4.74 Å². The number of hydrogen-bond acceptors (Lipinski definition) is 2. The van der Waals surface area contributed by atoms with E-state index in [0.29, 0.717) is 24.4 Å². The molecule has 0 saturated heterocycles. The van der Waals surface area contributed by atoms with Crippen LogP contribution >= 0.6 is 0 Å². The predicted octanol–water partition coefficient (Wildman–Crippen LogP) is 3.81. The standard InChI is InChI=1S/C15H26O2/c1-10(2)14-7-6-11(3)15(8-14)12(4)9-17-13(5)16/h11-12,14-15H,1,6-9H2,2-5H3/t11-,12+,14-,15+/m1/s1. The minimum atomic E-state index is -0.170. The molecule has 0 spiro atoms. The quantitative estimate of drug-likeness (QED) is 0.550. The molecule has 0 amide bonds. The molecule has 0 radical (unpaired) electrons. The monoisotopic (exact) mass is 238 g/mol. The van der Waals surface area contributed by atoms with Crippen molar-refractivity contribution in [3.05, 3.63) is 12.2 Å². The normalized spacial score (nSPS) is 30.7. The molecule has 0 N–H and O–H groups in total. The van der Waals surface area contributed by atoms with Crippen molar-refractivity contribution in [1.29, 1.82) is 0 Å². The van der Waals surface area contributed by atoms with Crippen molar-refractivity contribution >= 4 is 5.97 Å². The summed E-state index contributed by atoms with van der Waals surface area (Å²) in [6.45, 7) is 12.8. The molecule has 1 rings (SSSR count). The molecule has 2 heteroatoms. The van der Waals surface area contributed by atoms with E-state index in [9.17, 15) is 4.79 Å². The Morgan fingerprint density at radius 3 is 2.59 bits per heavy atom. The average molecular weight is 238 g/mol. The summed E-state index contributed by atoms with van der Waals surface area (Å²) in [6, 6.07) is 0. The van der Waals surface area contributed by atoms with Gasteiger partial charge in [0, 0.05) is 6.92 Å². The summed E-state index contributed by atoms with van der Waals surface area (Å²) in [4.78, 5) is 10.8. The first-order chi connectivity index (χ1) is 7.91. The third kappa shape index (κ3) is 4.18. The van der Waals surface area contributed by atoms with Gasteiger partial charge in [-0.05, 0) is 49.9 Å². The first kappa shape index (κ1) is 14.3. The highest BCUT2D eigenvalue weighted by atomic mass is 16.5. The number of ether oxygens (including phenoxy) is 1. The molecule has 1 aliphatic carbocycles. The van der Waals surface area contributed by atoms with Crippen molar-refractivity contribution in [2.45, 2.75) is 47.0 Å². The first-order valence-corrected chi connectivity index (χ1v) is 6.70. The molecule has 4 atom stereocenters. The van der Waals surface area contributed by atoms with E-state index in [1.54, 1.807) is 0 Å². The van der Waals surface area contributed by atoms with Gasteiger partial charge in [0.15, 0.2) is 0 Å². The molecule has 0 unspecified atom stereocenters. The highest BCUT2D eigenvalue weighted by molar-refractivity contribution is 5.65. The van der Waals surface area contributed by atoms with Gasteiger partial charge in [-0.1, -0.05) is 26.0 Å². The van der Waals surface area contributed by atoms with Crippen LogP contribution in [0.4, 0.5) is 0 Å². The maximum atomic E-state index is 10.8. The predicted molar refractivity (Wildman–Crippen MR) is 70.6 cm³/mol. The number of allylic oxidation sites excluding steroid dienone is 1. The Morgan fingerprint density at radius 2 is 2.06 bits per heavy atom. The van der Waals surface area contributed by atoms with E-state index in [2.05, 4.69) is 27.4 Å². The van der Waals surface area contributed by atoms with Crippen LogP contribution in [-0.4, -0.2) is 12.6 Å². The van der Waals surface area contributed by atoms with Crippen LogP contribution in [0.2, 0.25) is 0 Å². The Hall–Kier alpha value is -0.790. The van der Waals surface area contributed by atoms with Gasteiger partial charge in [-0.15, -0.1) is 0 Å². The molecular weight excluding hydrogens is 212 g/mol. The molecule has 0 aromatic heterocycles. The van der Waals surface area contributed by atoms with E-state index in [1.165, 1.54) is 31.8 Å². The Balaban J connectivity index is 2.53. The Kier molecular flexibility index (Phi) is 5.23. The van der Waals surface area contributed by atoms with Crippen LogP contribution in [0, 0.1) is 23.7 Å². The minimum absolute atomic E-state index is 0.170. The zero-order valence-electron chi connectivity index (χ0n) is 11.7. The van der Waals surface area contributed by atoms with Gasteiger partial charge in [0.25, 0.3) is 0 Å². The fourth-order valence-corrected chi connectivity index (χ4v) is 2.97. The van der Waals surface area contributed by atoms with Crippen molar-refractivity contribution in [2.75, 3.05) is 6.61 Å². The maximum Gasteiger partial charge on any atom is 0.302 e. The van der Waals surface area contributed by atoms with E-state index in [0.717, 1.165) is 5.92 Å². The van der Waals surface area contributed by atoms with Gasteiger partial charge >= 0.3 is 5.97 Å². The third-order valence-electron chi connectivity index (χ3n) is 4.24. The molecule has 0 aromatic carbocycles. The Labute approximate surface area is 105 Å². The van der Waals surface area contributed by atoms with E-state index >= 15 is 0 Å². The van der Waals surface area contributed by atoms with Crippen molar-refractivity contribution in [2.24, 2.45) is 23.7 Å².